The van der Waals surface area contributed by atoms with E-state index in [0.717, 1.165) is 16.7 Å². The fourth-order valence-corrected chi connectivity index (χ4v) is 2.29. The smallest absolute Gasteiger partial charge is 0.268 e. The minimum Gasteiger partial charge on any atom is -0.492 e. The maximum Gasteiger partial charge on any atom is 0.268 e. The van der Waals surface area contributed by atoms with E-state index in [9.17, 15) is 9.90 Å². The van der Waals surface area contributed by atoms with Crippen LogP contribution in [0.1, 0.15) is 0 Å². The molecule has 2 N–H and O–H groups in total. The summed E-state index contributed by atoms with van der Waals surface area (Å²) in [5, 5.41) is 9.64. The summed E-state index contributed by atoms with van der Waals surface area (Å²) in [6.45, 7) is 0. The van der Waals surface area contributed by atoms with Crippen LogP contribution in [0.3, 0.4) is 0 Å². The first kappa shape index (κ1) is 13.8. The zero-order chi connectivity index (χ0) is 14.8. The molecule has 3 rings (SSSR count). The Morgan fingerprint density at radius 3 is 2.10 bits per heavy atom. The van der Waals surface area contributed by atoms with E-state index in [1.807, 2.05) is 54.6 Å². The molecule has 0 unspecified atom stereocenters. The standard InChI is InChI=1S/C16H11IN2O2/c17-13-15(20)18-14(19-16(13)21)12-8-6-11(7-9-12)10-4-2-1-3-5-10/h1-9H,(H2,18,19,20,21). The summed E-state index contributed by atoms with van der Waals surface area (Å²) in [4.78, 5) is 18.3. The van der Waals surface area contributed by atoms with Gasteiger partial charge in [-0.05, 0) is 33.7 Å². The molecule has 0 bridgehead atoms. The molecule has 0 saturated carbocycles. The van der Waals surface area contributed by atoms with E-state index in [1.165, 1.54) is 0 Å². The fraction of sp³-hybridized carbons (Fsp3) is 0. The van der Waals surface area contributed by atoms with Crippen molar-refractivity contribution in [1.29, 1.82) is 0 Å². The molecule has 0 radical (unpaired) electrons. The van der Waals surface area contributed by atoms with Crippen LogP contribution >= 0.6 is 22.6 Å². The molecule has 4 nitrogen and oxygen atoms in total. The van der Waals surface area contributed by atoms with Crippen LogP contribution in [0.5, 0.6) is 5.88 Å². The van der Waals surface area contributed by atoms with E-state index in [-0.39, 0.29) is 15.0 Å². The van der Waals surface area contributed by atoms with Crippen molar-refractivity contribution in [3.63, 3.8) is 0 Å². The van der Waals surface area contributed by atoms with Crippen LogP contribution in [0.15, 0.2) is 59.4 Å². The predicted octanol–water partition coefficient (Wildman–Crippen LogP) is 3.41. The number of aromatic nitrogens is 2. The van der Waals surface area contributed by atoms with Gasteiger partial charge in [0.05, 0.1) is 0 Å². The summed E-state index contributed by atoms with van der Waals surface area (Å²) in [6.07, 6.45) is 0. The highest BCUT2D eigenvalue weighted by Gasteiger charge is 2.09. The number of aromatic amines is 1. The number of hydrogen-bond acceptors (Lipinski definition) is 3. The lowest BCUT2D eigenvalue weighted by molar-refractivity contribution is 0.447. The van der Waals surface area contributed by atoms with Gasteiger partial charge >= 0.3 is 0 Å². The van der Waals surface area contributed by atoms with Gasteiger partial charge in [-0.2, -0.15) is 4.98 Å². The molecular formula is C16H11IN2O2. The van der Waals surface area contributed by atoms with E-state index in [2.05, 4.69) is 9.97 Å². The molecule has 1 heterocycles. The number of rotatable bonds is 2. The summed E-state index contributed by atoms with van der Waals surface area (Å²) in [7, 11) is 0. The lowest BCUT2D eigenvalue weighted by Crippen LogP contribution is -2.12. The number of nitrogens with zero attached hydrogens (tertiary/aromatic N) is 1. The zero-order valence-corrected chi connectivity index (χ0v) is 13.0. The monoisotopic (exact) mass is 390 g/mol. The van der Waals surface area contributed by atoms with Gasteiger partial charge in [0.2, 0.25) is 5.88 Å². The number of H-pyrrole nitrogens is 1. The Morgan fingerprint density at radius 1 is 0.905 bits per heavy atom. The molecule has 0 fully saturated rings. The number of nitrogens with one attached hydrogen (secondary N) is 1. The molecule has 0 aliphatic rings. The highest BCUT2D eigenvalue weighted by Crippen LogP contribution is 2.23. The van der Waals surface area contributed by atoms with Gasteiger partial charge in [0, 0.05) is 5.56 Å². The molecule has 0 spiro atoms. The molecule has 3 aromatic rings. The third-order valence-corrected chi connectivity index (χ3v) is 4.08. The first-order chi connectivity index (χ1) is 10.1. The average molecular weight is 390 g/mol. The highest BCUT2D eigenvalue weighted by atomic mass is 127. The van der Waals surface area contributed by atoms with Crippen molar-refractivity contribution in [2.45, 2.75) is 0 Å². The number of halogens is 1. The average Bonchev–Trinajstić information content (AvgIpc) is 2.53. The van der Waals surface area contributed by atoms with Gasteiger partial charge in [-0.3, -0.25) is 4.79 Å². The first-order valence-electron chi connectivity index (χ1n) is 6.30. The molecule has 2 aromatic carbocycles. The second kappa shape index (κ2) is 5.69. The number of hydrogen-bond donors (Lipinski definition) is 2. The minimum absolute atomic E-state index is 0.192. The Bertz CT molecular complexity index is 827. The molecule has 0 saturated heterocycles. The Kier molecular flexibility index (Phi) is 3.74. The Morgan fingerprint density at radius 2 is 1.48 bits per heavy atom. The van der Waals surface area contributed by atoms with Gasteiger partial charge in [0.1, 0.15) is 9.39 Å². The quantitative estimate of drug-likeness (QED) is 0.660. The van der Waals surface area contributed by atoms with Crippen LogP contribution in [0.25, 0.3) is 22.5 Å². The molecular weight excluding hydrogens is 379 g/mol. The van der Waals surface area contributed by atoms with Crippen LogP contribution in [-0.2, 0) is 0 Å². The third kappa shape index (κ3) is 2.82. The van der Waals surface area contributed by atoms with Gasteiger partial charge in [0.15, 0.2) is 0 Å². The Labute approximate surface area is 134 Å². The topological polar surface area (TPSA) is 66.0 Å². The van der Waals surface area contributed by atoms with E-state index in [1.54, 1.807) is 22.6 Å². The van der Waals surface area contributed by atoms with E-state index < -0.39 is 0 Å². The fourth-order valence-electron chi connectivity index (χ4n) is 2.03. The lowest BCUT2D eigenvalue weighted by Gasteiger charge is -2.05. The van der Waals surface area contributed by atoms with Crippen molar-refractivity contribution >= 4 is 22.6 Å². The van der Waals surface area contributed by atoms with Crippen molar-refractivity contribution < 1.29 is 5.11 Å². The number of benzene rings is 2. The predicted molar refractivity (Wildman–Crippen MR) is 90.1 cm³/mol. The maximum atomic E-state index is 11.7. The van der Waals surface area contributed by atoms with Crippen molar-refractivity contribution in [1.82, 2.24) is 9.97 Å². The lowest BCUT2D eigenvalue weighted by atomic mass is 10.0. The summed E-state index contributed by atoms with van der Waals surface area (Å²) in [5.41, 5.74) is 2.61. The Hall–Kier alpha value is -2.15. The minimum atomic E-state index is -0.342. The van der Waals surface area contributed by atoms with Crippen LogP contribution in [-0.4, -0.2) is 15.1 Å². The van der Waals surface area contributed by atoms with Gasteiger partial charge in [0.25, 0.3) is 5.56 Å². The second-order valence-corrected chi connectivity index (χ2v) is 5.57. The summed E-state index contributed by atoms with van der Waals surface area (Å²) in [5.74, 6) is 0.110. The number of aromatic hydroxyl groups is 1. The summed E-state index contributed by atoms with van der Waals surface area (Å²) in [6, 6.07) is 17.7. The molecule has 1 aromatic heterocycles. The molecule has 0 amide bonds. The normalized spacial score (nSPS) is 10.5. The largest absolute Gasteiger partial charge is 0.492 e. The van der Waals surface area contributed by atoms with Gasteiger partial charge in [-0.25, -0.2) is 0 Å². The molecule has 0 aliphatic carbocycles. The van der Waals surface area contributed by atoms with E-state index in [4.69, 9.17) is 0 Å². The van der Waals surface area contributed by atoms with Crippen molar-refractivity contribution in [3.8, 4) is 28.4 Å². The SMILES string of the molecule is O=c1[nH]c(-c2ccc(-c3ccccc3)cc2)nc(O)c1I. The molecule has 21 heavy (non-hydrogen) atoms. The zero-order valence-electron chi connectivity index (χ0n) is 10.9. The van der Waals surface area contributed by atoms with Crippen LogP contribution in [0.4, 0.5) is 0 Å². The first-order valence-corrected chi connectivity index (χ1v) is 7.37. The second-order valence-electron chi connectivity index (χ2n) is 4.50. The molecule has 0 aliphatic heterocycles. The van der Waals surface area contributed by atoms with Crippen molar-refractivity contribution in [2.24, 2.45) is 0 Å². The van der Waals surface area contributed by atoms with Gasteiger partial charge < -0.3 is 10.1 Å². The Balaban J connectivity index is 2.00. The van der Waals surface area contributed by atoms with Crippen molar-refractivity contribution in [3.05, 3.63) is 68.5 Å². The van der Waals surface area contributed by atoms with Crippen LogP contribution < -0.4 is 5.56 Å². The van der Waals surface area contributed by atoms with Gasteiger partial charge in [-0.15, -0.1) is 0 Å². The molecule has 5 heteroatoms. The van der Waals surface area contributed by atoms with Crippen LogP contribution in [0, 0.1) is 3.57 Å². The van der Waals surface area contributed by atoms with Crippen molar-refractivity contribution in [2.75, 3.05) is 0 Å². The molecule has 0 atom stereocenters. The third-order valence-electron chi connectivity index (χ3n) is 3.11. The maximum absolute atomic E-state index is 11.7. The highest BCUT2D eigenvalue weighted by molar-refractivity contribution is 14.1. The molecule has 104 valence electrons. The summed E-state index contributed by atoms with van der Waals surface area (Å²) < 4.78 is 0.192. The van der Waals surface area contributed by atoms with Gasteiger partial charge in [-0.1, -0.05) is 54.6 Å². The van der Waals surface area contributed by atoms with E-state index >= 15 is 0 Å². The summed E-state index contributed by atoms with van der Waals surface area (Å²) >= 11 is 1.76. The van der Waals surface area contributed by atoms with Crippen LogP contribution in [0.2, 0.25) is 0 Å². The van der Waals surface area contributed by atoms with E-state index in [0.29, 0.717) is 5.82 Å².